The van der Waals surface area contributed by atoms with E-state index in [2.05, 4.69) is 4.72 Å². The fraction of sp³-hybridized carbons (Fsp3) is 0.312. The van der Waals surface area contributed by atoms with Gasteiger partial charge in [0, 0.05) is 23.2 Å². The second kappa shape index (κ2) is 8.00. The Labute approximate surface area is 150 Å². The Balaban J connectivity index is 2.15. The molecule has 0 saturated carbocycles. The Kier molecular flexibility index (Phi) is 6.26. The fourth-order valence-corrected chi connectivity index (χ4v) is 4.55. The molecule has 24 heavy (non-hydrogen) atoms. The van der Waals surface area contributed by atoms with Crippen LogP contribution in [-0.4, -0.2) is 21.0 Å². The number of carbonyl (C=O) groups is 1. The summed E-state index contributed by atoms with van der Waals surface area (Å²) >= 11 is 7.39. The number of rotatable bonds is 7. The van der Waals surface area contributed by atoms with Gasteiger partial charge in [-0.15, -0.1) is 11.3 Å². The summed E-state index contributed by atoms with van der Waals surface area (Å²) in [6, 6.07) is 4.76. The van der Waals surface area contributed by atoms with Gasteiger partial charge in [0.1, 0.15) is 0 Å². The Morgan fingerprint density at radius 2 is 2.08 bits per heavy atom. The number of carbonyl (C=O) groups excluding carboxylic acids is 1. The number of hydrogen-bond donors (Lipinski definition) is 1. The standard InChI is InChI=1S/C16H18ClNO4S2/c1-3-16(19)22-8-7-12-9-23-10-14(12)18-24(20,21)15-6-4-5-13(17)11(15)2/h4-6,9-10,18H,3,7-8H2,1-2H3. The largest absolute Gasteiger partial charge is 0.465 e. The fourth-order valence-electron chi connectivity index (χ4n) is 2.06. The first kappa shape index (κ1) is 18.8. The van der Waals surface area contributed by atoms with Gasteiger partial charge in [0.05, 0.1) is 17.2 Å². The Morgan fingerprint density at radius 1 is 1.33 bits per heavy atom. The average molecular weight is 388 g/mol. The third-order valence-corrected chi connectivity index (χ3v) is 6.13. The highest BCUT2D eigenvalue weighted by Gasteiger charge is 2.20. The van der Waals surface area contributed by atoms with Crippen LogP contribution >= 0.6 is 22.9 Å². The van der Waals surface area contributed by atoms with E-state index in [-0.39, 0.29) is 17.5 Å². The normalized spacial score (nSPS) is 11.3. The first-order valence-electron chi connectivity index (χ1n) is 7.33. The van der Waals surface area contributed by atoms with E-state index >= 15 is 0 Å². The van der Waals surface area contributed by atoms with E-state index in [1.165, 1.54) is 17.4 Å². The molecule has 0 bridgehead atoms. The van der Waals surface area contributed by atoms with Crippen LogP contribution in [0, 0.1) is 6.92 Å². The summed E-state index contributed by atoms with van der Waals surface area (Å²) in [7, 11) is -3.74. The van der Waals surface area contributed by atoms with E-state index in [0.717, 1.165) is 5.56 Å². The number of thiophene rings is 1. The quantitative estimate of drug-likeness (QED) is 0.728. The van der Waals surface area contributed by atoms with E-state index in [9.17, 15) is 13.2 Å². The van der Waals surface area contributed by atoms with Gasteiger partial charge in [-0.2, -0.15) is 0 Å². The molecule has 1 aromatic carbocycles. The second-order valence-corrected chi connectivity index (χ2v) is 7.90. The van der Waals surface area contributed by atoms with E-state index in [0.29, 0.717) is 29.1 Å². The van der Waals surface area contributed by atoms with E-state index in [1.807, 2.05) is 5.38 Å². The van der Waals surface area contributed by atoms with Crippen molar-refractivity contribution < 1.29 is 17.9 Å². The van der Waals surface area contributed by atoms with Gasteiger partial charge in [0.25, 0.3) is 10.0 Å². The van der Waals surface area contributed by atoms with Crippen LogP contribution in [0.15, 0.2) is 33.9 Å². The lowest BCUT2D eigenvalue weighted by molar-refractivity contribution is -0.143. The smallest absolute Gasteiger partial charge is 0.305 e. The lowest BCUT2D eigenvalue weighted by Crippen LogP contribution is -2.15. The number of hydrogen-bond acceptors (Lipinski definition) is 5. The highest BCUT2D eigenvalue weighted by Crippen LogP contribution is 2.28. The molecule has 8 heteroatoms. The lowest BCUT2D eigenvalue weighted by atomic mass is 10.2. The van der Waals surface area contributed by atoms with Gasteiger partial charge in [-0.05, 0) is 35.6 Å². The summed E-state index contributed by atoms with van der Waals surface area (Å²) in [5.41, 5.74) is 1.78. The number of esters is 1. The topological polar surface area (TPSA) is 72.5 Å². The molecule has 5 nitrogen and oxygen atoms in total. The average Bonchev–Trinajstić information content (AvgIpc) is 2.96. The second-order valence-electron chi connectivity index (χ2n) is 5.10. The minimum atomic E-state index is -3.74. The minimum absolute atomic E-state index is 0.143. The number of ether oxygens (including phenoxy) is 1. The first-order valence-corrected chi connectivity index (χ1v) is 10.1. The molecule has 0 radical (unpaired) electrons. The van der Waals surface area contributed by atoms with Crippen molar-refractivity contribution in [3.05, 3.63) is 45.1 Å². The maximum Gasteiger partial charge on any atom is 0.305 e. The molecule has 1 N–H and O–H groups in total. The third-order valence-electron chi connectivity index (χ3n) is 3.42. The van der Waals surface area contributed by atoms with E-state index in [1.54, 1.807) is 31.4 Å². The van der Waals surface area contributed by atoms with Gasteiger partial charge >= 0.3 is 5.97 Å². The van der Waals surface area contributed by atoms with Crippen LogP contribution in [0.2, 0.25) is 5.02 Å². The van der Waals surface area contributed by atoms with Crippen molar-refractivity contribution in [2.75, 3.05) is 11.3 Å². The molecular formula is C16H18ClNO4S2. The Bertz CT molecular complexity index is 830. The monoisotopic (exact) mass is 387 g/mol. The molecule has 0 aliphatic heterocycles. The van der Waals surface area contributed by atoms with Crippen LogP contribution in [0.1, 0.15) is 24.5 Å². The summed E-state index contributed by atoms with van der Waals surface area (Å²) < 4.78 is 32.8. The SMILES string of the molecule is CCC(=O)OCCc1cscc1NS(=O)(=O)c1cccc(Cl)c1C. The molecule has 0 spiro atoms. The van der Waals surface area contributed by atoms with Crippen molar-refractivity contribution in [1.29, 1.82) is 0 Å². The van der Waals surface area contributed by atoms with Gasteiger partial charge in [0.2, 0.25) is 0 Å². The lowest BCUT2D eigenvalue weighted by Gasteiger charge is -2.12. The predicted octanol–water partition coefficient (Wildman–Crippen LogP) is 4.01. The van der Waals surface area contributed by atoms with E-state index in [4.69, 9.17) is 16.3 Å². The number of nitrogens with one attached hydrogen (secondary N) is 1. The Hall–Kier alpha value is -1.57. The van der Waals surface area contributed by atoms with Crippen LogP contribution in [0.3, 0.4) is 0 Å². The van der Waals surface area contributed by atoms with Gasteiger partial charge < -0.3 is 4.74 Å². The molecule has 0 aliphatic carbocycles. The molecule has 2 rings (SSSR count). The summed E-state index contributed by atoms with van der Waals surface area (Å²) in [6.45, 7) is 3.60. The molecule has 0 atom stereocenters. The number of anilines is 1. The molecule has 0 unspecified atom stereocenters. The van der Waals surface area contributed by atoms with Crippen molar-refractivity contribution in [2.45, 2.75) is 31.6 Å². The Morgan fingerprint density at radius 3 is 2.79 bits per heavy atom. The number of benzene rings is 1. The highest BCUT2D eigenvalue weighted by molar-refractivity contribution is 7.92. The van der Waals surface area contributed by atoms with Crippen molar-refractivity contribution in [3.8, 4) is 0 Å². The number of sulfonamides is 1. The van der Waals surface area contributed by atoms with Crippen molar-refractivity contribution in [2.24, 2.45) is 0 Å². The molecule has 2 aromatic rings. The number of halogens is 1. The zero-order chi connectivity index (χ0) is 17.7. The molecular weight excluding hydrogens is 370 g/mol. The molecule has 0 saturated heterocycles. The maximum absolute atomic E-state index is 12.6. The predicted molar refractivity (Wildman–Crippen MR) is 96.3 cm³/mol. The molecule has 130 valence electrons. The van der Waals surface area contributed by atoms with Crippen LogP contribution in [-0.2, 0) is 26.0 Å². The third kappa shape index (κ3) is 4.49. The zero-order valence-corrected chi connectivity index (χ0v) is 15.7. The van der Waals surface area contributed by atoms with Crippen LogP contribution in [0.4, 0.5) is 5.69 Å². The van der Waals surface area contributed by atoms with Gasteiger partial charge in [-0.1, -0.05) is 24.6 Å². The minimum Gasteiger partial charge on any atom is -0.465 e. The van der Waals surface area contributed by atoms with Gasteiger partial charge in [0.15, 0.2) is 0 Å². The van der Waals surface area contributed by atoms with Gasteiger partial charge in [-0.3, -0.25) is 9.52 Å². The van der Waals surface area contributed by atoms with Crippen molar-refractivity contribution in [1.82, 2.24) is 0 Å². The molecule has 0 amide bonds. The summed E-state index contributed by atoms with van der Waals surface area (Å²) in [5.74, 6) is -0.276. The first-order chi connectivity index (χ1) is 11.3. The molecule has 1 heterocycles. The van der Waals surface area contributed by atoms with E-state index < -0.39 is 10.0 Å². The van der Waals surface area contributed by atoms with Gasteiger partial charge in [-0.25, -0.2) is 8.42 Å². The molecule has 1 aromatic heterocycles. The molecule has 0 aliphatic rings. The van der Waals surface area contributed by atoms with Crippen molar-refractivity contribution in [3.63, 3.8) is 0 Å². The summed E-state index contributed by atoms with van der Waals surface area (Å²) in [4.78, 5) is 11.3. The van der Waals surface area contributed by atoms with Crippen molar-refractivity contribution >= 4 is 44.6 Å². The highest BCUT2D eigenvalue weighted by atomic mass is 35.5. The van der Waals surface area contributed by atoms with Crippen LogP contribution < -0.4 is 4.72 Å². The van der Waals surface area contributed by atoms with Crippen LogP contribution in [0.25, 0.3) is 0 Å². The molecule has 0 fully saturated rings. The zero-order valence-electron chi connectivity index (χ0n) is 13.3. The maximum atomic E-state index is 12.6. The van der Waals surface area contributed by atoms with Crippen LogP contribution in [0.5, 0.6) is 0 Å². The summed E-state index contributed by atoms with van der Waals surface area (Å²) in [6.07, 6.45) is 0.763. The summed E-state index contributed by atoms with van der Waals surface area (Å²) in [5, 5.41) is 3.95.